The van der Waals surface area contributed by atoms with Crippen LogP contribution in [0.4, 0.5) is 0 Å². The molecule has 2 aliphatic heterocycles. The zero-order chi connectivity index (χ0) is 33.4. The van der Waals surface area contributed by atoms with Crippen LogP contribution in [-0.4, -0.2) is 87.1 Å². The van der Waals surface area contributed by atoms with Crippen molar-refractivity contribution in [3.8, 4) is 0 Å². The van der Waals surface area contributed by atoms with Gasteiger partial charge in [-0.15, -0.1) is 12.4 Å². The van der Waals surface area contributed by atoms with Gasteiger partial charge in [0.1, 0.15) is 0 Å². The van der Waals surface area contributed by atoms with Gasteiger partial charge in [0.2, 0.25) is 5.91 Å². The van der Waals surface area contributed by atoms with E-state index in [1.165, 1.54) is 12.1 Å². The maximum atomic E-state index is 13.8. The average molecular weight is 719 g/mol. The van der Waals surface area contributed by atoms with E-state index in [9.17, 15) is 34.5 Å². The van der Waals surface area contributed by atoms with E-state index in [0.717, 1.165) is 25.7 Å². The standard InChI is InChI=1S/C35H37Cl2N3O7.ClH/c36-24-7-4-8-25(37)30(24)33-31(34(44)45)26(17-28(42)19-5-2-1-3-6-19)38-27(32(33)35(46)47)18-29(43)40-11-9-39(10-12-40)22-13-20-15-23(41)16-21(20)14-22;/h1-8,20-23,33,38,41H,9-18H2,(H,44,45)(H,46,47);1H. The number of amides is 1. The zero-order valence-corrected chi connectivity index (χ0v) is 28.4. The van der Waals surface area contributed by atoms with Gasteiger partial charge in [0.15, 0.2) is 5.78 Å². The van der Waals surface area contributed by atoms with E-state index in [2.05, 4.69) is 10.2 Å². The van der Waals surface area contributed by atoms with Gasteiger partial charge >= 0.3 is 11.9 Å². The Labute approximate surface area is 294 Å². The maximum Gasteiger partial charge on any atom is 0.334 e. The number of dihydropyridines is 1. The van der Waals surface area contributed by atoms with Gasteiger partial charge in [-0.05, 0) is 49.7 Å². The first kappa shape index (κ1) is 35.9. The summed E-state index contributed by atoms with van der Waals surface area (Å²) in [7, 11) is 0. The number of rotatable bonds is 9. The lowest BCUT2D eigenvalue weighted by molar-refractivity contribution is -0.133. The first-order valence-corrected chi connectivity index (χ1v) is 16.7. The van der Waals surface area contributed by atoms with Crippen molar-refractivity contribution < 1.29 is 34.5 Å². The molecule has 4 N–H and O–H groups in total. The third kappa shape index (κ3) is 7.28. The first-order chi connectivity index (χ1) is 22.5. The van der Waals surface area contributed by atoms with Crippen LogP contribution < -0.4 is 5.32 Å². The largest absolute Gasteiger partial charge is 0.478 e. The van der Waals surface area contributed by atoms with Crippen molar-refractivity contribution in [2.24, 2.45) is 11.8 Å². The van der Waals surface area contributed by atoms with Crippen molar-refractivity contribution >= 4 is 59.2 Å². The van der Waals surface area contributed by atoms with Gasteiger partial charge in [-0.2, -0.15) is 0 Å². The Morgan fingerprint density at radius 1 is 0.750 bits per heavy atom. The second kappa shape index (κ2) is 15.0. The number of ketones is 1. The van der Waals surface area contributed by atoms with Gasteiger partial charge in [0.05, 0.1) is 36.0 Å². The van der Waals surface area contributed by atoms with Crippen LogP contribution in [0.2, 0.25) is 10.0 Å². The Bertz CT molecular complexity index is 1620. The Hall–Kier alpha value is -3.41. The fraction of sp³-hybridized carbons (Fsp3) is 0.429. The van der Waals surface area contributed by atoms with Crippen LogP contribution in [0.5, 0.6) is 0 Å². The molecule has 13 heteroatoms. The Balaban J connectivity index is 0.00000451. The zero-order valence-electron chi connectivity index (χ0n) is 26.1. The lowest BCUT2D eigenvalue weighted by atomic mass is 9.78. The number of carbonyl (C=O) groups is 4. The number of hydrogen-bond acceptors (Lipinski definition) is 7. The van der Waals surface area contributed by atoms with E-state index in [1.807, 2.05) is 0 Å². The Kier molecular flexibility index (Phi) is 11.2. The number of hydrogen-bond donors (Lipinski definition) is 4. The highest BCUT2D eigenvalue weighted by Crippen LogP contribution is 2.47. The van der Waals surface area contributed by atoms with Crippen molar-refractivity contribution in [3.63, 3.8) is 0 Å². The molecule has 0 spiro atoms. The third-order valence-corrected chi connectivity index (χ3v) is 10.8. The smallest absolute Gasteiger partial charge is 0.334 e. The summed E-state index contributed by atoms with van der Waals surface area (Å²) in [6, 6.07) is 13.3. The Morgan fingerprint density at radius 2 is 1.29 bits per heavy atom. The summed E-state index contributed by atoms with van der Waals surface area (Å²) in [4.78, 5) is 57.0. The molecular formula is C35H38Cl3N3O7. The first-order valence-electron chi connectivity index (χ1n) is 15.9. The number of nitrogens with zero attached hydrogens (tertiary/aromatic N) is 2. The second-order valence-corrected chi connectivity index (χ2v) is 13.7. The van der Waals surface area contributed by atoms with Crippen LogP contribution in [0.3, 0.4) is 0 Å². The number of nitrogens with one attached hydrogen (secondary N) is 1. The summed E-state index contributed by atoms with van der Waals surface area (Å²) >= 11 is 13.1. The Morgan fingerprint density at radius 3 is 1.83 bits per heavy atom. The molecule has 2 aromatic rings. The molecular weight excluding hydrogens is 681 g/mol. The second-order valence-electron chi connectivity index (χ2n) is 12.9. The number of halogens is 3. The highest BCUT2D eigenvalue weighted by molar-refractivity contribution is 6.36. The molecule has 6 rings (SSSR count). The normalized spacial score (nSPS) is 25.7. The highest BCUT2D eigenvalue weighted by Gasteiger charge is 2.44. The van der Waals surface area contributed by atoms with E-state index in [1.54, 1.807) is 41.3 Å². The SMILES string of the molecule is Cl.O=C(O)C1=C(CC(=O)c2ccccc2)NC(CC(=O)N2CCN(C3CC4CC(O)CC4C3)CC2)=C(C(=O)O)C1c1c(Cl)cccc1Cl. The minimum Gasteiger partial charge on any atom is -0.478 e. The minimum absolute atomic E-state index is 0. The fourth-order valence-electron chi connectivity index (χ4n) is 8.01. The number of allylic oxidation sites excluding steroid dienone is 1. The quantitative estimate of drug-likeness (QED) is 0.259. The predicted octanol–water partition coefficient (Wildman–Crippen LogP) is 5.14. The van der Waals surface area contributed by atoms with Gasteiger partial charge < -0.3 is 25.5 Å². The predicted molar refractivity (Wildman–Crippen MR) is 182 cm³/mol. The number of aliphatic carboxylic acids is 2. The molecule has 0 bridgehead atoms. The molecule has 3 unspecified atom stereocenters. The molecule has 10 nitrogen and oxygen atoms in total. The average Bonchev–Trinajstić information content (AvgIpc) is 3.58. The molecule has 0 radical (unpaired) electrons. The van der Waals surface area contributed by atoms with Gasteiger partial charge in [0.25, 0.3) is 0 Å². The van der Waals surface area contributed by atoms with E-state index >= 15 is 0 Å². The summed E-state index contributed by atoms with van der Waals surface area (Å²) in [5.41, 5.74) is -0.343. The summed E-state index contributed by atoms with van der Waals surface area (Å²) in [5.74, 6) is -3.92. The molecule has 256 valence electrons. The molecule has 2 aromatic carbocycles. The number of carbonyl (C=O) groups excluding carboxylic acids is 2. The van der Waals surface area contributed by atoms with Gasteiger partial charge in [-0.25, -0.2) is 9.59 Å². The highest BCUT2D eigenvalue weighted by atomic mass is 35.5. The van der Waals surface area contributed by atoms with Gasteiger partial charge in [-0.3, -0.25) is 14.5 Å². The summed E-state index contributed by atoms with van der Waals surface area (Å²) < 4.78 is 0. The number of aliphatic hydroxyl groups is 1. The number of carboxylic acids is 2. The van der Waals surface area contributed by atoms with Crippen LogP contribution in [0, 0.1) is 11.8 Å². The number of carboxylic acid groups (broad SMARTS) is 2. The molecule has 1 saturated heterocycles. The summed E-state index contributed by atoms with van der Waals surface area (Å²) in [5, 5.41) is 34.0. The number of fused-ring (bicyclic) bond motifs is 1. The lowest BCUT2D eigenvalue weighted by Crippen LogP contribution is -2.52. The molecule has 2 heterocycles. The molecule has 3 fully saturated rings. The van der Waals surface area contributed by atoms with Crippen molar-refractivity contribution in [1.82, 2.24) is 15.1 Å². The molecule has 1 amide bonds. The topological polar surface area (TPSA) is 147 Å². The van der Waals surface area contributed by atoms with Gasteiger partial charge in [0, 0.05) is 64.8 Å². The van der Waals surface area contributed by atoms with Crippen LogP contribution in [0.25, 0.3) is 0 Å². The lowest BCUT2D eigenvalue weighted by Gasteiger charge is -2.39. The summed E-state index contributed by atoms with van der Waals surface area (Å²) in [6.45, 7) is 2.32. The molecule has 3 atom stereocenters. The molecule has 0 aromatic heterocycles. The maximum absolute atomic E-state index is 13.8. The van der Waals surface area contributed by atoms with E-state index < -0.39 is 17.9 Å². The van der Waals surface area contributed by atoms with Gasteiger partial charge in [-0.1, -0.05) is 59.6 Å². The van der Waals surface area contributed by atoms with Crippen LogP contribution in [-0.2, 0) is 14.4 Å². The minimum atomic E-state index is -1.45. The number of aliphatic hydroxyl groups excluding tert-OH is 1. The summed E-state index contributed by atoms with van der Waals surface area (Å²) in [6.07, 6.45) is 2.93. The number of benzene rings is 2. The van der Waals surface area contributed by atoms with E-state index in [-0.39, 0.29) is 81.2 Å². The van der Waals surface area contributed by atoms with Crippen molar-refractivity contribution in [3.05, 3.63) is 92.2 Å². The van der Waals surface area contributed by atoms with Crippen molar-refractivity contribution in [2.75, 3.05) is 26.2 Å². The molecule has 2 aliphatic carbocycles. The fourth-order valence-corrected chi connectivity index (χ4v) is 8.62. The molecule has 2 saturated carbocycles. The van der Waals surface area contributed by atoms with E-state index in [4.69, 9.17) is 23.2 Å². The molecule has 4 aliphatic rings. The van der Waals surface area contributed by atoms with E-state index in [0.29, 0.717) is 49.6 Å². The number of Topliss-reactive ketones (excluding diaryl/α,β-unsaturated/α-hetero) is 1. The van der Waals surface area contributed by atoms with Crippen LogP contribution in [0.15, 0.2) is 71.1 Å². The number of piperazine rings is 1. The monoisotopic (exact) mass is 717 g/mol. The third-order valence-electron chi connectivity index (χ3n) is 10.2. The van der Waals surface area contributed by atoms with Crippen LogP contribution >= 0.6 is 35.6 Å². The van der Waals surface area contributed by atoms with Crippen molar-refractivity contribution in [1.29, 1.82) is 0 Å². The van der Waals surface area contributed by atoms with Crippen LogP contribution in [0.1, 0.15) is 60.4 Å². The molecule has 48 heavy (non-hydrogen) atoms. The van der Waals surface area contributed by atoms with Crippen molar-refractivity contribution in [2.45, 2.75) is 56.6 Å².